The summed E-state index contributed by atoms with van der Waals surface area (Å²) in [6, 6.07) is 11.0. The van der Waals surface area contributed by atoms with E-state index in [4.69, 9.17) is 10.5 Å². The van der Waals surface area contributed by atoms with E-state index in [1.807, 2.05) is 25.1 Å². The Morgan fingerprint density at radius 1 is 1.25 bits per heavy atom. The van der Waals surface area contributed by atoms with E-state index in [-0.39, 0.29) is 5.91 Å². The van der Waals surface area contributed by atoms with E-state index in [2.05, 4.69) is 5.32 Å². The van der Waals surface area contributed by atoms with E-state index in [0.29, 0.717) is 12.2 Å². The second kappa shape index (κ2) is 4.89. The zero-order valence-corrected chi connectivity index (χ0v) is 11.3. The van der Waals surface area contributed by atoms with Gasteiger partial charge in [0.25, 0.3) is 5.91 Å². The number of nitrogens with two attached hydrogens (primary N) is 1. The van der Waals surface area contributed by atoms with Crippen molar-refractivity contribution in [1.29, 1.82) is 0 Å². The number of aryl methyl sites for hydroxylation is 1. The molecule has 0 atom stereocenters. The van der Waals surface area contributed by atoms with Gasteiger partial charge in [0.05, 0.1) is 6.61 Å². The number of carbonyl (C=O) groups excluding carboxylic acids is 1. The van der Waals surface area contributed by atoms with Gasteiger partial charge in [-0.05, 0) is 54.4 Å². The minimum absolute atomic E-state index is 0.121. The zero-order valence-electron chi connectivity index (χ0n) is 11.3. The molecule has 4 nitrogen and oxygen atoms in total. The molecule has 0 aromatic heterocycles. The zero-order chi connectivity index (χ0) is 14.1. The minimum Gasteiger partial charge on any atom is -0.493 e. The highest BCUT2D eigenvalue weighted by molar-refractivity contribution is 6.04. The summed E-state index contributed by atoms with van der Waals surface area (Å²) in [5, 5.41) is 2.88. The van der Waals surface area contributed by atoms with Gasteiger partial charge in [-0.1, -0.05) is 0 Å². The summed E-state index contributed by atoms with van der Waals surface area (Å²) in [4.78, 5) is 12.2. The lowest BCUT2D eigenvalue weighted by molar-refractivity contribution is 0.102. The first-order chi connectivity index (χ1) is 9.63. The number of fused-ring (bicyclic) bond motifs is 1. The van der Waals surface area contributed by atoms with Crippen molar-refractivity contribution in [1.82, 2.24) is 0 Å². The number of hydrogen-bond donors (Lipinski definition) is 2. The van der Waals surface area contributed by atoms with Gasteiger partial charge in [-0.15, -0.1) is 0 Å². The number of hydrogen-bond acceptors (Lipinski definition) is 3. The van der Waals surface area contributed by atoms with E-state index in [1.54, 1.807) is 18.2 Å². The lowest BCUT2D eigenvalue weighted by Crippen LogP contribution is -2.12. The van der Waals surface area contributed by atoms with Crippen molar-refractivity contribution in [3.05, 3.63) is 53.1 Å². The van der Waals surface area contributed by atoms with Gasteiger partial charge in [0.2, 0.25) is 0 Å². The molecule has 1 heterocycles. The molecular weight excluding hydrogens is 252 g/mol. The van der Waals surface area contributed by atoms with Gasteiger partial charge >= 0.3 is 0 Å². The molecule has 0 unspecified atom stereocenters. The number of benzene rings is 2. The van der Waals surface area contributed by atoms with Crippen LogP contribution in [-0.2, 0) is 6.42 Å². The van der Waals surface area contributed by atoms with Crippen LogP contribution in [0.4, 0.5) is 11.4 Å². The summed E-state index contributed by atoms with van der Waals surface area (Å²) in [6.45, 7) is 2.61. The van der Waals surface area contributed by atoms with Crippen LogP contribution < -0.4 is 15.8 Å². The molecule has 0 fully saturated rings. The molecular formula is C16H16N2O2. The lowest BCUT2D eigenvalue weighted by Gasteiger charge is -2.08. The molecule has 1 aliphatic heterocycles. The standard InChI is InChI=1S/C16H16N2O2/c1-10-8-13(3-4-14(10)17)18-16(19)12-2-5-15-11(9-12)6-7-20-15/h2-5,8-9H,6-7,17H2,1H3,(H,18,19). The molecule has 1 amide bonds. The SMILES string of the molecule is Cc1cc(NC(=O)c2ccc3c(c2)CCO3)ccc1N. The highest BCUT2D eigenvalue weighted by Gasteiger charge is 2.15. The molecule has 3 N–H and O–H groups in total. The van der Waals surface area contributed by atoms with Gasteiger partial charge < -0.3 is 15.8 Å². The molecule has 2 aromatic carbocycles. The molecule has 0 aliphatic carbocycles. The Balaban J connectivity index is 1.80. The highest BCUT2D eigenvalue weighted by atomic mass is 16.5. The number of nitrogen functional groups attached to an aromatic ring is 1. The maximum atomic E-state index is 12.2. The molecule has 2 aromatic rings. The van der Waals surface area contributed by atoms with E-state index in [9.17, 15) is 4.79 Å². The predicted molar refractivity (Wildman–Crippen MR) is 79.2 cm³/mol. The van der Waals surface area contributed by atoms with Gasteiger partial charge in [0.1, 0.15) is 5.75 Å². The predicted octanol–water partition coefficient (Wildman–Crippen LogP) is 2.76. The minimum atomic E-state index is -0.121. The Kier molecular flexibility index (Phi) is 3.06. The largest absolute Gasteiger partial charge is 0.493 e. The Morgan fingerprint density at radius 2 is 2.10 bits per heavy atom. The van der Waals surface area contributed by atoms with Crippen LogP contribution in [-0.4, -0.2) is 12.5 Å². The second-order valence-corrected chi connectivity index (χ2v) is 4.95. The first kappa shape index (κ1) is 12.5. The van der Waals surface area contributed by atoms with Crippen molar-refractivity contribution in [2.75, 3.05) is 17.7 Å². The quantitative estimate of drug-likeness (QED) is 0.823. The van der Waals surface area contributed by atoms with Crippen molar-refractivity contribution in [3.63, 3.8) is 0 Å². The molecule has 0 spiro atoms. The van der Waals surface area contributed by atoms with Crippen LogP contribution in [0.2, 0.25) is 0 Å². The van der Waals surface area contributed by atoms with Gasteiger partial charge in [-0.2, -0.15) is 0 Å². The van der Waals surface area contributed by atoms with E-state index in [0.717, 1.165) is 34.7 Å². The van der Waals surface area contributed by atoms with E-state index in [1.165, 1.54) is 0 Å². The van der Waals surface area contributed by atoms with Crippen LogP contribution in [0.3, 0.4) is 0 Å². The van der Waals surface area contributed by atoms with Crippen molar-refractivity contribution in [2.45, 2.75) is 13.3 Å². The van der Waals surface area contributed by atoms with E-state index >= 15 is 0 Å². The van der Waals surface area contributed by atoms with Crippen LogP contribution in [0.25, 0.3) is 0 Å². The van der Waals surface area contributed by atoms with Gasteiger partial charge in [-0.25, -0.2) is 0 Å². The first-order valence-corrected chi connectivity index (χ1v) is 6.57. The van der Waals surface area contributed by atoms with Crippen molar-refractivity contribution in [2.24, 2.45) is 0 Å². The Hall–Kier alpha value is -2.49. The molecule has 0 saturated heterocycles. The third-order valence-electron chi connectivity index (χ3n) is 3.48. The summed E-state index contributed by atoms with van der Waals surface area (Å²) in [5.41, 5.74) is 9.91. The molecule has 0 saturated carbocycles. The number of anilines is 2. The summed E-state index contributed by atoms with van der Waals surface area (Å²) in [6.07, 6.45) is 0.859. The number of rotatable bonds is 2. The molecule has 3 rings (SSSR count). The fraction of sp³-hybridized carbons (Fsp3) is 0.188. The van der Waals surface area contributed by atoms with E-state index < -0.39 is 0 Å². The maximum absolute atomic E-state index is 12.2. The van der Waals surface area contributed by atoms with Crippen molar-refractivity contribution < 1.29 is 9.53 Å². The normalized spacial score (nSPS) is 12.7. The average molecular weight is 268 g/mol. The second-order valence-electron chi connectivity index (χ2n) is 4.95. The van der Waals surface area contributed by atoms with Gasteiger partial charge in [-0.3, -0.25) is 4.79 Å². The van der Waals surface area contributed by atoms with Gasteiger partial charge in [0, 0.05) is 23.4 Å². The van der Waals surface area contributed by atoms with Crippen LogP contribution in [0, 0.1) is 6.92 Å². The summed E-state index contributed by atoms with van der Waals surface area (Å²) in [7, 11) is 0. The number of amides is 1. The summed E-state index contributed by atoms with van der Waals surface area (Å²) in [5.74, 6) is 0.758. The lowest BCUT2D eigenvalue weighted by atomic mass is 10.1. The number of carbonyl (C=O) groups is 1. The fourth-order valence-electron chi connectivity index (χ4n) is 2.28. The molecule has 20 heavy (non-hydrogen) atoms. The monoisotopic (exact) mass is 268 g/mol. The van der Waals surface area contributed by atoms with Crippen molar-refractivity contribution in [3.8, 4) is 5.75 Å². The molecule has 0 bridgehead atoms. The number of nitrogens with one attached hydrogen (secondary N) is 1. The van der Waals surface area contributed by atoms with Crippen LogP contribution in [0.1, 0.15) is 21.5 Å². The third kappa shape index (κ3) is 2.32. The Labute approximate surface area is 117 Å². The topological polar surface area (TPSA) is 64.3 Å². The maximum Gasteiger partial charge on any atom is 0.255 e. The van der Waals surface area contributed by atoms with Crippen LogP contribution in [0.5, 0.6) is 5.75 Å². The average Bonchev–Trinajstić information content (AvgIpc) is 2.90. The van der Waals surface area contributed by atoms with Crippen molar-refractivity contribution >= 4 is 17.3 Å². The summed E-state index contributed by atoms with van der Waals surface area (Å²) >= 11 is 0. The van der Waals surface area contributed by atoms with Crippen LogP contribution >= 0.6 is 0 Å². The molecule has 0 radical (unpaired) electrons. The van der Waals surface area contributed by atoms with Gasteiger partial charge in [0.15, 0.2) is 0 Å². The smallest absolute Gasteiger partial charge is 0.255 e. The number of ether oxygens (including phenoxy) is 1. The molecule has 4 heteroatoms. The molecule has 102 valence electrons. The summed E-state index contributed by atoms with van der Waals surface area (Å²) < 4.78 is 5.43. The highest BCUT2D eigenvalue weighted by Crippen LogP contribution is 2.26. The Morgan fingerprint density at radius 3 is 2.90 bits per heavy atom. The first-order valence-electron chi connectivity index (χ1n) is 6.57. The molecule has 1 aliphatic rings. The Bertz CT molecular complexity index is 680. The van der Waals surface area contributed by atoms with Crippen LogP contribution in [0.15, 0.2) is 36.4 Å². The third-order valence-corrected chi connectivity index (χ3v) is 3.48. The fourth-order valence-corrected chi connectivity index (χ4v) is 2.28.